The van der Waals surface area contributed by atoms with Crippen LogP contribution in [0.15, 0.2) is 10.5 Å². The zero-order valence-corrected chi connectivity index (χ0v) is 12.1. The quantitative estimate of drug-likeness (QED) is 0.864. The van der Waals surface area contributed by atoms with Gasteiger partial charge in [-0.05, 0) is 34.5 Å². The Labute approximate surface area is 114 Å². The number of methoxy groups -OCH3 is 2. The molecular weight excluding hydrogens is 302 g/mol. The van der Waals surface area contributed by atoms with E-state index < -0.39 is 12.0 Å². The molecule has 0 amide bonds. The highest BCUT2D eigenvalue weighted by Crippen LogP contribution is 2.38. The highest BCUT2D eigenvalue weighted by Gasteiger charge is 2.20. The highest BCUT2D eigenvalue weighted by molar-refractivity contribution is 9.10. The van der Waals surface area contributed by atoms with Crippen LogP contribution < -0.4 is 15.2 Å². The highest BCUT2D eigenvalue weighted by atomic mass is 79.9. The summed E-state index contributed by atoms with van der Waals surface area (Å²) >= 11 is 3.38. The van der Waals surface area contributed by atoms with Crippen LogP contribution in [0, 0.1) is 6.92 Å². The molecule has 0 aromatic heterocycles. The van der Waals surface area contributed by atoms with Gasteiger partial charge in [-0.15, -0.1) is 0 Å². The third-order valence-electron chi connectivity index (χ3n) is 2.66. The van der Waals surface area contributed by atoms with Crippen LogP contribution in [0.25, 0.3) is 0 Å². The van der Waals surface area contributed by atoms with Crippen molar-refractivity contribution in [1.29, 1.82) is 0 Å². The Morgan fingerprint density at radius 2 is 2.00 bits per heavy atom. The van der Waals surface area contributed by atoms with E-state index in [-0.39, 0.29) is 6.42 Å². The number of carbonyl (C=O) groups is 1. The van der Waals surface area contributed by atoms with Gasteiger partial charge < -0.3 is 20.3 Å². The normalized spacial score (nSPS) is 12.1. The number of rotatable bonds is 5. The molecule has 0 aliphatic rings. The largest absolute Gasteiger partial charge is 0.496 e. The van der Waals surface area contributed by atoms with Gasteiger partial charge in [0.1, 0.15) is 17.5 Å². The van der Waals surface area contributed by atoms with Crippen molar-refractivity contribution in [3.63, 3.8) is 0 Å². The van der Waals surface area contributed by atoms with Gasteiger partial charge in [-0.1, -0.05) is 0 Å². The number of hydrogen-bond acceptors (Lipinski definition) is 4. The fourth-order valence-corrected chi connectivity index (χ4v) is 2.55. The first-order valence-electron chi connectivity index (χ1n) is 5.30. The van der Waals surface area contributed by atoms with Crippen LogP contribution >= 0.6 is 15.9 Å². The van der Waals surface area contributed by atoms with Crippen LogP contribution in [0.5, 0.6) is 11.5 Å². The van der Waals surface area contributed by atoms with Crippen molar-refractivity contribution >= 4 is 21.9 Å². The van der Waals surface area contributed by atoms with E-state index in [4.69, 9.17) is 20.3 Å². The minimum Gasteiger partial charge on any atom is -0.496 e. The van der Waals surface area contributed by atoms with Gasteiger partial charge in [-0.25, -0.2) is 0 Å². The molecule has 1 atom stereocenters. The van der Waals surface area contributed by atoms with Crippen molar-refractivity contribution in [3.05, 3.63) is 21.7 Å². The van der Waals surface area contributed by atoms with Crippen molar-refractivity contribution in [3.8, 4) is 11.5 Å². The average molecular weight is 318 g/mol. The second-order valence-corrected chi connectivity index (χ2v) is 4.71. The van der Waals surface area contributed by atoms with Crippen molar-refractivity contribution in [2.45, 2.75) is 19.4 Å². The molecule has 0 bridgehead atoms. The van der Waals surface area contributed by atoms with Crippen molar-refractivity contribution < 1.29 is 19.4 Å². The van der Waals surface area contributed by atoms with E-state index in [1.807, 2.05) is 6.92 Å². The maximum absolute atomic E-state index is 10.8. The first-order valence-corrected chi connectivity index (χ1v) is 6.10. The summed E-state index contributed by atoms with van der Waals surface area (Å²) in [4.78, 5) is 10.8. The molecule has 100 valence electrons. The Hall–Kier alpha value is -1.27. The van der Waals surface area contributed by atoms with Gasteiger partial charge in [0, 0.05) is 12.0 Å². The molecule has 0 saturated heterocycles. The molecule has 6 heteroatoms. The molecule has 5 nitrogen and oxygen atoms in total. The van der Waals surface area contributed by atoms with Crippen molar-refractivity contribution in [1.82, 2.24) is 0 Å². The molecule has 1 rings (SSSR count). The van der Waals surface area contributed by atoms with Gasteiger partial charge in [0.2, 0.25) is 0 Å². The van der Waals surface area contributed by atoms with Crippen molar-refractivity contribution in [2.24, 2.45) is 5.73 Å². The predicted molar refractivity (Wildman–Crippen MR) is 71.3 cm³/mol. The summed E-state index contributed by atoms with van der Waals surface area (Å²) in [6, 6.07) is 0.812. The summed E-state index contributed by atoms with van der Waals surface area (Å²) in [7, 11) is 3.10. The Balaban J connectivity index is 3.24. The van der Waals surface area contributed by atoms with Crippen molar-refractivity contribution in [2.75, 3.05) is 14.2 Å². The molecule has 0 aliphatic carbocycles. The number of aliphatic carboxylic acids is 1. The molecule has 1 unspecified atom stereocenters. The predicted octanol–water partition coefficient (Wildman–Crippen LogP) is 1.73. The number of carboxylic acids is 1. The molecular formula is C12H16BrNO4. The summed E-state index contributed by atoms with van der Waals surface area (Å²) < 4.78 is 11.3. The van der Waals surface area contributed by atoms with Crippen LogP contribution in [-0.4, -0.2) is 31.3 Å². The number of carboxylic acid groups (broad SMARTS) is 1. The van der Waals surface area contributed by atoms with Gasteiger partial charge in [-0.3, -0.25) is 4.79 Å². The smallest absolute Gasteiger partial charge is 0.320 e. The van der Waals surface area contributed by atoms with Crippen LogP contribution in [0.1, 0.15) is 11.1 Å². The fraction of sp³-hybridized carbons (Fsp3) is 0.417. The van der Waals surface area contributed by atoms with E-state index in [0.29, 0.717) is 11.5 Å². The number of benzene rings is 1. The molecule has 0 radical (unpaired) electrons. The summed E-state index contributed by atoms with van der Waals surface area (Å²) in [5.74, 6) is 0.230. The monoisotopic (exact) mass is 317 g/mol. The van der Waals surface area contributed by atoms with Gasteiger partial charge in [0.05, 0.1) is 18.7 Å². The molecule has 0 fully saturated rings. The van der Waals surface area contributed by atoms with E-state index in [9.17, 15) is 4.79 Å². The number of ether oxygens (including phenoxy) is 2. The van der Waals surface area contributed by atoms with E-state index >= 15 is 0 Å². The van der Waals surface area contributed by atoms with Crippen LogP contribution in [0.2, 0.25) is 0 Å². The molecule has 18 heavy (non-hydrogen) atoms. The van der Waals surface area contributed by atoms with Gasteiger partial charge in [-0.2, -0.15) is 0 Å². The molecule has 0 heterocycles. The molecule has 0 aliphatic heterocycles. The lowest BCUT2D eigenvalue weighted by molar-refractivity contribution is -0.138. The SMILES string of the molecule is COc1c(Br)cc(CC(N)C(=O)O)c(OC)c1C. The molecule has 1 aromatic carbocycles. The van der Waals surface area contributed by atoms with Crippen LogP contribution in [0.3, 0.4) is 0 Å². The lowest BCUT2D eigenvalue weighted by atomic mass is 10.0. The maximum Gasteiger partial charge on any atom is 0.320 e. The Morgan fingerprint density at radius 1 is 1.44 bits per heavy atom. The second-order valence-electron chi connectivity index (χ2n) is 3.86. The van der Waals surface area contributed by atoms with E-state index in [0.717, 1.165) is 15.6 Å². The fourth-order valence-electron chi connectivity index (χ4n) is 1.82. The van der Waals surface area contributed by atoms with Gasteiger partial charge >= 0.3 is 5.97 Å². The minimum atomic E-state index is -1.04. The van der Waals surface area contributed by atoms with E-state index in [1.54, 1.807) is 13.2 Å². The number of hydrogen-bond donors (Lipinski definition) is 2. The number of nitrogens with two attached hydrogens (primary N) is 1. The zero-order valence-electron chi connectivity index (χ0n) is 10.5. The summed E-state index contributed by atoms with van der Waals surface area (Å²) in [6.45, 7) is 1.85. The zero-order chi connectivity index (χ0) is 13.9. The van der Waals surface area contributed by atoms with Gasteiger partial charge in [0.25, 0.3) is 0 Å². The molecule has 0 spiro atoms. The van der Waals surface area contributed by atoms with Crippen LogP contribution in [-0.2, 0) is 11.2 Å². The lowest BCUT2D eigenvalue weighted by Crippen LogP contribution is -2.32. The summed E-state index contributed by atoms with van der Waals surface area (Å²) in [5, 5.41) is 8.84. The van der Waals surface area contributed by atoms with E-state index in [1.165, 1.54) is 7.11 Å². The lowest BCUT2D eigenvalue weighted by Gasteiger charge is -2.17. The Bertz CT molecular complexity index is 462. The number of halogens is 1. The Kier molecular flexibility index (Phi) is 4.98. The van der Waals surface area contributed by atoms with Crippen LogP contribution in [0.4, 0.5) is 0 Å². The second kappa shape index (κ2) is 6.06. The topological polar surface area (TPSA) is 81.8 Å². The Morgan fingerprint density at radius 3 is 2.44 bits per heavy atom. The van der Waals surface area contributed by atoms with E-state index in [2.05, 4.69) is 15.9 Å². The first-order chi connectivity index (χ1) is 8.42. The summed E-state index contributed by atoms with van der Waals surface area (Å²) in [6.07, 6.45) is 0.196. The molecule has 3 N–H and O–H groups in total. The maximum atomic E-state index is 10.8. The first kappa shape index (κ1) is 14.8. The third-order valence-corrected chi connectivity index (χ3v) is 3.25. The summed E-state index contributed by atoms with van der Waals surface area (Å²) in [5.41, 5.74) is 7.08. The standard InChI is InChI=1S/C12H16BrNO4/c1-6-10(17-2)7(5-9(14)12(15)16)4-8(13)11(6)18-3/h4,9H,5,14H2,1-3H3,(H,15,16). The third kappa shape index (κ3) is 2.94. The minimum absolute atomic E-state index is 0.196. The molecule has 1 aromatic rings. The average Bonchev–Trinajstić information content (AvgIpc) is 2.29. The van der Waals surface area contributed by atoms with Gasteiger partial charge in [0.15, 0.2) is 0 Å². The molecule has 0 saturated carbocycles.